The van der Waals surface area contributed by atoms with Crippen molar-refractivity contribution in [1.29, 1.82) is 0 Å². The molecule has 1 saturated carbocycles. The molecule has 0 atom stereocenters. The molecule has 0 aromatic carbocycles. The van der Waals surface area contributed by atoms with Crippen molar-refractivity contribution in [3.8, 4) is 0 Å². The van der Waals surface area contributed by atoms with Crippen LogP contribution in [0.3, 0.4) is 0 Å². The number of nitrogens with zero attached hydrogens (tertiary/aromatic N) is 1. The van der Waals surface area contributed by atoms with Gasteiger partial charge in [-0.05, 0) is 57.8 Å². The number of quaternary nitrogens is 1. The summed E-state index contributed by atoms with van der Waals surface area (Å²) in [5.74, 6) is 0. The van der Waals surface area contributed by atoms with Crippen molar-refractivity contribution in [2.45, 2.75) is 109 Å². The van der Waals surface area contributed by atoms with Crippen LogP contribution in [-0.2, 0) is 0 Å². The third-order valence-electron chi connectivity index (χ3n) is 6.26. The maximum absolute atomic E-state index is 2.34. The Kier molecular flexibility index (Phi) is 8.14. The van der Waals surface area contributed by atoms with Gasteiger partial charge >= 0.3 is 0 Å². The quantitative estimate of drug-likeness (QED) is 0.412. The zero-order chi connectivity index (χ0) is 14.8. The van der Waals surface area contributed by atoms with Gasteiger partial charge in [0.05, 0.1) is 25.7 Å². The van der Waals surface area contributed by atoms with Crippen LogP contribution in [0.2, 0.25) is 0 Å². The van der Waals surface area contributed by atoms with Crippen LogP contribution in [0.4, 0.5) is 0 Å². The van der Waals surface area contributed by atoms with E-state index in [0.717, 1.165) is 6.04 Å². The van der Waals surface area contributed by atoms with Crippen molar-refractivity contribution in [3.05, 3.63) is 0 Å². The molecular weight excluding hydrogens is 254 g/mol. The van der Waals surface area contributed by atoms with E-state index in [2.05, 4.69) is 6.92 Å². The van der Waals surface area contributed by atoms with Gasteiger partial charge in [0, 0.05) is 0 Å². The average Bonchev–Trinajstić information content (AvgIpc) is 2.66. The summed E-state index contributed by atoms with van der Waals surface area (Å²) in [6, 6.07) is 1.02. The maximum Gasteiger partial charge on any atom is 0.0890 e. The minimum atomic E-state index is 1.02. The zero-order valence-corrected chi connectivity index (χ0v) is 14.8. The van der Waals surface area contributed by atoms with E-state index in [9.17, 15) is 0 Å². The van der Waals surface area contributed by atoms with Crippen LogP contribution in [0, 0.1) is 0 Å². The van der Waals surface area contributed by atoms with E-state index in [1.54, 1.807) is 0 Å². The van der Waals surface area contributed by atoms with Gasteiger partial charge in [-0.2, -0.15) is 0 Å². The number of unbranched alkanes of at least 4 members (excludes halogenated alkanes) is 3. The molecule has 2 rings (SSSR count). The second-order valence-electron chi connectivity index (χ2n) is 7.86. The zero-order valence-electron chi connectivity index (χ0n) is 14.8. The predicted octanol–water partition coefficient (Wildman–Crippen LogP) is 6.07. The summed E-state index contributed by atoms with van der Waals surface area (Å²) in [5.41, 5.74) is 0. The molecule has 0 bridgehead atoms. The minimum Gasteiger partial charge on any atom is -0.321 e. The Morgan fingerprint density at radius 3 is 1.86 bits per heavy atom. The fourth-order valence-electron chi connectivity index (χ4n) is 4.93. The molecule has 1 saturated heterocycles. The van der Waals surface area contributed by atoms with Crippen molar-refractivity contribution in [2.24, 2.45) is 0 Å². The van der Waals surface area contributed by atoms with Gasteiger partial charge in [-0.3, -0.25) is 0 Å². The highest BCUT2D eigenvalue weighted by Crippen LogP contribution is 2.31. The molecule has 1 nitrogen and oxygen atoms in total. The van der Waals surface area contributed by atoms with Crippen molar-refractivity contribution in [2.75, 3.05) is 19.6 Å². The fraction of sp³-hybridized carbons (Fsp3) is 1.00. The van der Waals surface area contributed by atoms with Gasteiger partial charge in [0.25, 0.3) is 0 Å². The second-order valence-corrected chi connectivity index (χ2v) is 7.86. The summed E-state index contributed by atoms with van der Waals surface area (Å²) >= 11 is 0. The smallest absolute Gasteiger partial charge is 0.0890 e. The SMILES string of the molecule is CCCCCC[N+]1(C2CCCCCCCC2)CCCCC1. The molecule has 1 aliphatic heterocycles. The Morgan fingerprint density at radius 1 is 0.667 bits per heavy atom. The average molecular weight is 295 g/mol. The lowest BCUT2D eigenvalue weighted by Crippen LogP contribution is -2.58. The highest BCUT2D eigenvalue weighted by Gasteiger charge is 2.37. The molecule has 0 N–H and O–H groups in total. The van der Waals surface area contributed by atoms with Gasteiger partial charge in [0.15, 0.2) is 0 Å². The van der Waals surface area contributed by atoms with Gasteiger partial charge in [0.1, 0.15) is 0 Å². The van der Waals surface area contributed by atoms with Crippen LogP contribution in [-0.4, -0.2) is 30.2 Å². The summed E-state index contributed by atoms with van der Waals surface area (Å²) in [5, 5.41) is 0. The van der Waals surface area contributed by atoms with Gasteiger partial charge in [0.2, 0.25) is 0 Å². The lowest BCUT2D eigenvalue weighted by molar-refractivity contribution is -0.956. The van der Waals surface area contributed by atoms with Crippen LogP contribution >= 0.6 is 0 Å². The molecule has 2 aliphatic rings. The molecule has 0 aromatic heterocycles. The van der Waals surface area contributed by atoms with Crippen LogP contribution in [0.25, 0.3) is 0 Å². The molecule has 0 unspecified atom stereocenters. The third-order valence-corrected chi connectivity index (χ3v) is 6.26. The van der Waals surface area contributed by atoms with Crippen molar-refractivity contribution >= 4 is 0 Å². The molecule has 124 valence electrons. The van der Waals surface area contributed by atoms with Gasteiger partial charge < -0.3 is 4.48 Å². The first kappa shape index (κ1) is 17.3. The Morgan fingerprint density at radius 2 is 1.24 bits per heavy atom. The van der Waals surface area contributed by atoms with Gasteiger partial charge in [-0.25, -0.2) is 0 Å². The summed E-state index contributed by atoms with van der Waals surface area (Å²) < 4.78 is 1.53. The number of rotatable bonds is 6. The van der Waals surface area contributed by atoms with E-state index in [4.69, 9.17) is 0 Å². The molecule has 1 heteroatoms. The molecule has 2 fully saturated rings. The molecule has 1 aliphatic carbocycles. The molecule has 21 heavy (non-hydrogen) atoms. The number of piperidine rings is 1. The topological polar surface area (TPSA) is 0 Å². The normalized spacial score (nSPS) is 25.0. The van der Waals surface area contributed by atoms with E-state index < -0.39 is 0 Å². The lowest BCUT2D eigenvalue weighted by Gasteiger charge is -2.48. The Balaban J connectivity index is 1.94. The van der Waals surface area contributed by atoms with Crippen molar-refractivity contribution in [3.63, 3.8) is 0 Å². The first-order valence-corrected chi connectivity index (χ1v) is 10.2. The van der Waals surface area contributed by atoms with E-state index in [1.807, 2.05) is 0 Å². The van der Waals surface area contributed by atoms with Gasteiger partial charge in [-0.15, -0.1) is 0 Å². The molecule has 1 heterocycles. The highest BCUT2D eigenvalue weighted by atomic mass is 15.4. The standard InChI is InChI=1S/C20H40N/c1-2-3-4-12-17-21(18-13-9-14-19-21)20-15-10-7-5-6-8-11-16-20/h20H,2-19H2,1H3/q+1. The molecule has 0 amide bonds. The van der Waals surface area contributed by atoms with Crippen LogP contribution in [0.15, 0.2) is 0 Å². The minimum absolute atomic E-state index is 1.02. The van der Waals surface area contributed by atoms with Gasteiger partial charge in [-0.1, -0.05) is 45.4 Å². The largest absolute Gasteiger partial charge is 0.321 e. The highest BCUT2D eigenvalue weighted by molar-refractivity contribution is 4.68. The van der Waals surface area contributed by atoms with Crippen molar-refractivity contribution < 1.29 is 4.48 Å². The Labute approximate surface area is 134 Å². The summed E-state index contributed by atoms with van der Waals surface area (Å²) in [7, 11) is 0. The number of likely N-dealkylation sites (tertiary alicyclic amines) is 1. The monoisotopic (exact) mass is 294 g/mol. The van der Waals surface area contributed by atoms with E-state index in [-0.39, 0.29) is 0 Å². The van der Waals surface area contributed by atoms with Crippen LogP contribution < -0.4 is 0 Å². The second kappa shape index (κ2) is 9.87. The lowest BCUT2D eigenvalue weighted by atomic mass is 9.95. The Bertz CT molecular complexity index is 245. The fourth-order valence-corrected chi connectivity index (χ4v) is 4.93. The number of hydrogen-bond acceptors (Lipinski definition) is 0. The molecular formula is C20H40N+. The predicted molar refractivity (Wildman–Crippen MR) is 93.6 cm³/mol. The number of hydrogen-bond donors (Lipinski definition) is 0. The molecule has 0 radical (unpaired) electrons. The summed E-state index contributed by atoms with van der Waals surface area (Å²) in [6.07, 6.45) is 22.4. The summed E-state index contributed by atoms with van der Waals surface area (Å²) in [6.45, 7) is 6.86. The first-order chi connectivity index (χ1) is 10.4. The maximum atomic E-state index is 2.34. The van der Waals surface area contributed by atoms with Crippen molar-refractivity contribution in [1.82, 2.24) is 0 Å². The molecule has 0 spiro atoms. The van der Waals surface area contributed by atoms with E-state index in [1.165, 1.54) is 120 Å². The van der Waals surface area contributed by atoms with E-state index in [0.29, 0.717) is 0 Å². The third kappa shape index (κ3) is 5.58. The van der Waals surface area contributed by atoms with Crippen LogP contribution in [0.5, 0.6) is 0 Å². The molecule has 0 aromatic rings. The van der Waals surface area contributed by atoms with Crippen LogP contribution in [0.1, 0.15) is 103 Å². The first-order valence-electron chi connectivity index (χ1n) is 10.2. The Hall–Kier alpha value is -0.0400. The summed E-state index contributed by atoms with van der Waals surface area (Å²) in [4.78, 5) is 0. The van der Waals surface area contributed by atoms with E-state index >= 15 is 0 Å².